The van der Waals surface area contributed by atoms with E-state index in [1.54, 1.807) is 26.2 Å². The van der Waals surface area contributed by atoms with Crippen molar-refractivity contribution < 1.29 is 14.3 Å². The molecule has 2 aromatic rings. The molecule has 2 amide bonds. The van der Waals surface area contributed by atoms with Gasteiger partial charge >= 0.3 is 6.03 Å². The van der Waals surface area contributed by atoms with Gasteiger partial charge in [0.05, 0.1) is 6.54 Å². The van der Waals surface area contributed by atoms with E-state index in [2.05, 4.69) is 10.6 Å². The average molecular weight is 333 g/mol. The van der Waals surface area contributed by atoms with E-state index in [9.17, 15) is 19.1 Å². The molecule has 0 aliphatic heterocycles. The molecule has 0 radical (unpaired) electrons. The van der Waals surface area contributed by atoms with Crippen LogP contribution in [-0.2, 0) is 12.6 Å². The van der Waals surface area contributed by atoms with Crippen molar-refractivity contribution in [3.8, 4) is 0 Å². The SMILES string of the molecule is Cc1ccn(C)c(=O)c1NC(=O)NCC(C)(O)c1ccc(F)cc1. The van der Waals surface area contributed by atoms with Crippen LogP contribution in [0.1, 0.15) is 18.1 Å². The van der Waals surface area contributed by atoms with Crippen LogP contribution in [0.15, 0.2) is 41.3 Å². The smallest absolute Gasteiger partial charge is 0.319 e. The zero-order chi connectivity index (χ0) is 17.9. The molecule has 24 heavy (non-hydrogen) atoms. The van der Waals surface area contributed by atoms with Crippen molar-refractivity contribution in [2.75, 3.05) is 11.9 Å². The molecule has 2 rings (SSSR count). The second kappa shape index (κ2) is 6.84. The first kappa shape index (κ1) is 17.7. The third-order valence-corrected chi connectivity index (χ3v) is 3.77. The maximum atomic E-state index is 12.9. The third-order valence-electron chi connectivity index (χ3n) is 3.77. The lowest BCUT2D eigenvalue weighted by Gasteiger charge is -2.24. The Labute approximate surface area is 138 Å². The van der Waals surface area contributed by atoms with E-state index in [0.29, 0.717) is 11.1 Å². The number of pyridine rings is 1. The number of aryl methyl sites for hydroxylation is 2. The zero-order valence-corrected chi connectivity index (χ0v) is 13.8. The molecule has 0 fully saturated rings. The van der Waals surface area contributed by atoms with Crippen LogP contribution in [0.2, 0.25) is 0 Å². The van der Waals surface area contributed by atoms with Crippen molar-refractivity contribution in [2.45, 2.75) is 19.4 Å². The number of benzene rings is 1. The van der Waals surface area contributed by atoms with E-state index >= 15 is 0 Å². The first-order valence-electron chi connectivity index (χ1n) is 7.40. The van der Waals surface area contributed by atoms with Crippen LogP contribution in [-0.4, -0.2) is 22.2 Å². The molecule has 3 N–H and O–H groups in total. The second-order valence-electron chi connectivity index (χ2n) is 5.88. The molecule has 1 aromatic carbocycles. The number of hydrogen-bond acceptors (Lipinski definition) is 3. The van der Waals surface area contributed by atoms with E-state index in [1.807, 2.05) is 0 Å². The van der Waals surface area contributed by atoms with Gasteiger partial charge in [-0.15, -0.1) is 0 Å². The average Bonchev–Trinajstić information content (AvgIpc) is 2.54. The molecular formula is C17H20FN3O3. The number of amides is 2. The summed E-state index contributed by atoms with van der Waals surface area (Å²) in [7, 11) is 1.59. The highest BCUT2D eigenvalue weighted by molar-refractivity contribution is 5.89. The van der Waals surface area contributed by atoms with Crippen LogP contribution in [0.4, 0.5) is 14.9 Å². The van der Waals surface area contributed by atoms with Crippen molar-refractivity contribution in [3.05, 3.63) is 63.8 Å². The minimum atomic E-state index is -1.37. The number of halogens is 1. The number of anilines is 1. The van der Waals surface area contributed by atoms with Gasteiger partial charge in [-0.05, 0) is 43.2 Å². The van der Waals surface area contributed by atoms with Crippen LogP contribution in [0.5, 0.6) is 0 Å². The van der Waals surface area contributed by atoms with Crippen molar-refractivity contribution >= 4 is 11.7 Å². The van der Waals surface area contributed by atoms with Gasteiger partial charge < -0.3 is 20.3 Å². The number of nitrogens with one attached hydrogen (secondary N) is 2. The largest absolute Gasteiger partial charge is 0.384 e. The molecule has 0 aliphatic rings. The lowest BCUT2D eigenvalue weighted by Crippen LogP contribution is -2.41. The zero-order valence-electron chi connectivity index (χ0n) is 13.8. The van der Waals surface area contributed by atoms with Gasteiger partial charge in [0.1, 0.15) is 17.1 Å². The summed E-state index contributed by atoms with van der Waals surface area (Å²) < 4.78 is 14.3. The highest BCUT2D eigenvalue weighted by atomic mass is 19.1. The predicted octanol–water partition coefficient (Wildman–Crippen LogP) is 1.86. The van der Waals surface area contributed by atoms with E-state index in [-0.39, 0.29) is 17.8 Å². The summed E-state index contributed by atoms with van der Waals surface area (Å²) in [5.74, 6) is -0.407. The topological polar surface area (TPSA) is 83.4 Å². The third kappa shape index (κ3) is 3.99. The van der Waals surface area contributed by atoms with Gasteiger partial charge in [-0.25, -0.2) is 9.18 Å². The Bertz CT molecular complexity index is 798. The molecular weight excluding hydrogens is 313 g/mol. The van der Waals surface area contributed by atoms with Gasteiger partial charge in [-0.3, -0.25) is 4.79 Å². The quantitative estimate of drug-likeness (QED) is 0.799. The van der Waals surface area contributed by atoms with Crippen LogP contribution in [0, 0.1) is 12.7 Å². The summed E-state index contributed by atoms with van der Waals surface area (Å²) in [6.45, 7) is 3.12. The van der Waals surface area contributed by atoms with Crippen molar-refractivity contribution in [2.24, 2.45) is 7.05 Å². The lowest BCUT2D eigenvalue weighted by molar-refractivity contribution is 0.0599. The Kier molecular flexibility index (Phi) is 5.04. The molecule has 0 bridgehead atoms. The number of carbonyl (C=O) groups is 1. The van der Waals surface area contributed by atoms with Gasteiger partial charge in [0, 0.05) is 13.2 Å². The minimum Gasteiger partial charge on any atom is -0.384 e. The number of rotatable bonds is 4. The number of hydrogen-bond donors (Lipinski definition) is 3. The summed E-state index contributed by atoms with van der Waals surface area (Å²) in [4.78, 5) is 24.0. The minimum absolute atomic E-state index is 0.101. The fourth-order valence-corrected chi connectivity index (χ4v) is 2.19. The Morgan fingerprint density at radius 2 is 1.92 bits per heavy atom. The maximum Gasteiger partial charge on any atom is 0.319 e. The highest BCUT2D eigenvalue weighted by Crippen LogP contribution is 2.20. The summed E-state index contributed by atoms with van der Waals surface area (Å²) in [5, 5.41) is 15.4. The van der Waals surface area contributed by atoms with Crippen LogP contribution in [0.3, 0.4) is 0 Å². The fraction of sp³-hybridized carbons (Fsp3) is 0.294. The fourth-order valence-electron chi connectivity index (χ4n) is 2.19. The molecule has 6 nitrogen and oxygen atoms in total. The predicted molar refractivity (Wildman–Crippen MR) is 89.4 cm³/mol. The summed E-state index contributed by atoms with van der Waals surface area (Å²) >= 11 is 0. The number of carbonyl (C=O) groups excluding carboxylic acids is 1. The Hall–Kier alpha value is -2.67. The first-order valence-corrected chi connectivity index (χ1v) is 7.40. The summed E-state index contributed by atoms with van der Waals surface area (Å²) in [5.41, 5.74) is -0.411. The van der Waals surface area contributed by atoms with Crippen LogP contribution in [0.25, 0.3) is 0 Å². The number of aromatic nitrogens is 1. The number of nitrogens with zero attached hydrogens (tertiary/aromatic N) is 1. The van der Waals surface area contributed by atoms with E-state index < -0.39 is 17.4 Å². The molecule has 1 heterocycles. The second-order valence-corrected chi connectivity index (χ2v) is 5.88. The molecule has 1 unspecified atom stereocenters. The van der Waals surface area contributed by atoms with Crippen molar-refractivity contribution in [3.63, 3.8) is 0 Å². The molecule has 0 aliphatic carbocycles. The van der Waals surface area contributed by atoms with Gasteiger partial charge in [0.2, 0.25) is 0 Å². The van der Waals surface area contributed by atoms with Gasteiger partial charge in [-0.1, -0.05) is 12.1 Å². The van der Waals surface area contributed by atoms with Gasteiger partial charge in [0.25, 0.3) is 5.56 Å². The first-order chi connectivity index (χ1) is 11.2. The highest BCUT2D eigenvalue weighted by Gasteiger charge is 2.24. The molecule has 0 spiro atoms. The van der Waals surface area contributed by atoms with E-state index in [4.69, 9.17) is 0 Å². The summed E-state index contributed by atoms with van der Waals surface area (Å²) in [6, 6.07) is 6.48. The van der Waals surface area contributed by atoms with E-state index in [1.165, 1.54) is 35.8 Å². The van der Waals surface area contributed by atoms with Crippen LogP contribution < -0.4 is 16.2 Å². The van der Waals surface area contributed by atoms with Crippen molar-refractivity contribution in [1.82, 2.24) is 9.88 Å². The number of aliphatic hydroxyl groups is 1. The van der Waals surface area contributed by atoms with E-state index in [0.717, 1.165) is 0 Å². The van der Waals surface area contributed by atoms with Crippen LogP contribution >= 0.6 is 0 Å². The molecule has 128 valence electrons. The summed E-state index contributed by atoms with van der Waals surface area (Å²) in [6.07, 6.45) is 1.61. The Balaban J connectivity index is 2.04. The Morgan fingerprint density at radius 1 is 1.29 bits per heavy atom. The monoisotopic (exact) mass is 333 g/mol. The maximum absolute atomic E-state index is 12.9. The molecule has 0 saturated carbocycles. The van der Waals surface area contributed by atoms with Crippen molar-refractivity contribution in [1.29, 1.82) is 0 Å². The lowest BCUT2D eigenvalue weighted by atomic mass is 9.96. The molecule has 1 atom stereocenters. The molecule has 7 heteroatoms. The Morgan fingerprint density at radius 3 is 2.54 bits per heavy atom. The molecule has 1 aromatic heterocycles. The standard InChI is InChI=1S/C17H20FN3O3/c1-11-8-9-21(3)15(22)14(11)20-16(23)19-10-17(2,24)12-4-6-13(18)7-5-12/h4-9,24H,10H2,1-3H3,(H2,19,20,23). The number of urea groups is 1. The molecule has 0 saturated heterocycles. The van der Waals surface area contributed by atoms with Gasteiger partial charge in [0.15, 0.2) is 0 Å². The normalized spacial score (nSPS) is 13.2. The van der Waals surface area contributed by atoms with Gasteiger partial charge in [-0.2, -0.15) is 0 Å².